The van der Waals surface area contributed by atoms with Crippen LogP contribution in [0.2, 0.25) is 0 Å². The summed E-state index contributed by atoms with van der Waals surface area (Å²) in [6.45, 7) is 9.67. The summed E-state index contributed by atoms with van der Waals surface area (Å²) in [7, 11) is 0. The highest BCUT2D eigenvalue weighted by Gasteiger charge is 2.59. The van der Waals surface area contributed by atoms with Gasteiger partial charge in [-0.1, -0.05) is 26.8 Å². The lowest BCUT2D eigenvalue weighted by atomic mass is 9.87. The van der Waals surface area contributed by atoms with Gasteiger partial charge in [0.2, 0.25) is 0 Å². The molecule has 2 nitrogen and oxygen atoms in total. The van der Waals surface area contributed by atoms with Crippen LogP contribution in [0.25, 0.3) is 0 Å². The van der Waals surface area contributed by atoms with Crippen molar-refractivity contribution in [1.29, 1.82) is 0 Å². The van der Waals surface area contributed by atoms with Gasteiger partial charge < -0.3 is 4.90 Å². The molecule has 1 aromatic rings. The summed E-state index contributed by atoms with van der Waals surface area (Å²) in [4.78, 5) is 7.03. The van der Waals surface area contributed by atoms with Crippen molar-refractivity contribution in [3.63, 3.8) is 0 Å². The van der Waals surface area contributed by atoms with Gasteiger partial charge in [-0.2, -0.15) is 0 Å². The molecule has 0 spiro atoms. The molecule has 1 saturated heterocycles. The number of rotatable bonds is 1. The van der Waals surface area contributed by atoms with Crippen LogP contribution in [0.4, 0.5) is 11.4 Å². The maximum atomic E-state index is 4.46. The van der Waals surface area contributed by atoms with E-state index in [1.807, 2.05) is 6.21 Å². The molecule has 2 unspecified atom stereocenters. The van der Waals surface area contributed by atoms with E-state index >= 15 is 0 Å². The number of aliphatic imine (C=N–C) groups is 1. The fourth-order valence-electron chi connectivity index (χ4n) is 4.31. The number of piperidine rings is 1. The lowest BCUT2D eigenvalue weighted by Gasteiger charge is -2.27. The lowest BCUT2D eigenvalue weighted by molar-refractivity contribution is 0.309. The standard InChI is InChI=1S/C17H22N2/c1-17(2,3)16-13-9-19(10-14(13)16)12-5-4-11-6-7-18-15(11)8-12/h4-5,7-8,13-14,16H,6,9-10H2,1-3H3. The van der Waals surface area contributed by atoms with Crippen molar-refractivity contribution in [3.05, 3.63) is 23.8 Å². The first-order chi connectivity index (χ1) is 9.04. The maximum absolute atomic E-state index is 4.46. The summed E-state index contributed by atoms with van der Waals surface area (Å²) in [6.07, 6.45) is 3.03. The van der Waals surface area contributed by atoms with Crippen LogP contribution in [-0.2, 0) is 6.42 Å². The van der Waals surface area contributed by atoms with E-state index in [-0.39, 0.29) is 0 Å². The van der Waals surface area contributed by atoms with Crippen LogP contribution in [-0.4, -0.2) is 19.3 Å². The zero-order valence-corrected chi connectivity index (χ0v) is 12.1. The lowest BCUT2D eigenvalue weighted by Crippen LogP contribution is -2.27. The molecule has 19 heavy (non-hydrogen) atoms. The highest BCUT2D eigenvalue weighted by atomic mass is 15.2. The average Bonchev–Trinajstić information content (AvgIpc) is 2.77. The molecule has 100 valence electrons. The van der Waals surface area contributed by atoms with Crippen molar-refractivity contribution in [2.75, 3.05) is 18.0 Å². The smallest absolute Gasteiger partial charge is 0.0682 e. The molecule has 2 heteroatoms. The Bertz CT molecular complexity index is 541. The summed E-state index contributed by atoms with van der Waals surface area (Å²) in [5, 5.41) is 0. The van der Waals surface area contributed by atoms with Crippen LogP contribution in [0.1, 0.15) is 26.3 Å². The molecule has 0 bridgehead atoms. The zero-order chi connectivity index (χ0) is 13.2. The molecule has 2 atom stereocenters. The van der Waals surface area contributed by atoms with E-state index in [4.69, 9.17) is 0 Å². The molecule has 2 aliphatic heterocycles. The summed E-state index contributed by atoms with van der Waals surface area (Å²) in [5.41, 5.74) is 4.42. The van der Waals surface area contributed by atoms with Crippen LogP contribution in [0, 0.1) is 23.2 Å². The predicted octanol–water partition coefficient (Wildman–Crippen LogP) is 3.67. The molecular formula is C17H22N2. The predicted molar refractivity (Wildman–Crippen MR) is 80.4 cm³/mol. The van der Waals surface area contributed by atoms with Gasteiger partial charge in [-0.15, -0.1) is 0 Å². The minimum atomic E-state index is 0.490. The number of anilines is 1. The summed E-state index contributed by atoms with van der Waals surface area (Å²) in [5.74, 6) is 2.80. The quantitative estimate of drug-likeness (QED) is 0.746. The summed E-state index contributed by atoms with van der Waals surface area (Å²) in [6, 6.07) is 6.81. The highest BCUT2D eigenvalue weighted by Crippen LogP contribution is 2.60. The van der Waals surface area contributed by atoms with Crippen molar-refractivity contribution >= 4 is 17.6 Å². The second kappa shape index (κ2) is 3.62. The Morgan fingerprint density at radius 3 is 2.58 bits per heavy atom. The van der Waals surface area contributed by atoms with E-state index in [0.717, 1.165) is 24.2 Å². The van der Waals surface area contributed by atoms with E-state index in [0.29, 0.717) is 5.41 Å². The Labute approximate surface area is 115 Å². The van der Waals surface area contributed by atoms with Gasteiger partial charge in [0.15, 0.2) is 0 Å². The van der Waals surface area contributed by atoms with Crippen molar-refractivity contribution in [3.8, 4) is 0 Å². The molecule has 1 aromatic carbocycles. The number of benzene rings is 1. The van der Waals surface area contributed by atoms with Gasteiger partial charge in [0.25, 0.3) is 0 Å². The molecule has 0 amide bonds. The molecule has 1 aliphatic carbocycles. The van der Waals surface area contributed by atoms with E-state index < -0.39 is 0 Å². The first kappa shape index (κ1) is 11.5. The first-order valence-corrected chi connectivity index (χ1v) is 7.44. The molecule has 2 fully saturated rings. The van der Waals surface area contributed by atoms with E-state index in [1.165, 1.54) is 30.0 Å². The summed E-state index contributed by atoms with van der Waals surface area (Å²) < 4.78 is 0. The van der Waals surface area contributed by atoms with Crippen LogP contribution in [0.15, 0.2) is 23.2 Å². The normalized spacial score (nSPS) is 31.5. The third kappa shape index (κ3) is 1.73. The number of hydrogen-bond acceptors (Lipinski definition) is 2. The largest absolute Gasteiger partial charge is 0.371 e. The Balaban J connectivity index is 1.51. The van der Waals surface area contributed by atoms with Crippen molar-refractivity contribution in [2.24, 2.45) is 28.2 Å². The van der Waals surface area contributed by atoms with Crippen molar-refractivity contribution < 1.29 is 0 Å². The molecular weight excluding hydrogens is 232 g/mol. The molecule has 0 aromatic heterocycles. The van der Waals surface area contributed by atoms with Crippen molar-refractivity contribution in [1.82, 2.24) is 0 Å². The third-order valence-electron chi connectivity index (χ3n) is 5.17. The van der Waals surface area contributed by atoms with Crippen LogP contribution < -0.4 is 4.90 Å². The molecule has 3 aliphatic rings. The second-order valence-corrected chi connectivity index (χ2v) is 7.45. The second-order valence-electron chi connectivity index (χ2n) is 7.45. The average molecular weight is 254 g/mol. The number of fused-ring (bicyclic) bond motifs is 2. The van der Waals surface area contributed by atoms with Gasteiger partial charge in [-0.05, 0) is 40.9 Å². The van der Waals surface area contributed by atoms with E-state index in [1.54, 1.807) is 0 Å². The van der Waals surface area contributed by atoms with E-state index in [9.17, 15) is 0 Å². The molecule has 0 radical (unpaired) electrons. The van der Waals surface area contributed by atoms with Crippen LogP contribution >= 0.6 is 0 Å². The topological polar surface area (TPSA) is 15.6 Å². The SMILES string of the molecule is CC(C)(C)C1C2CN(c3ccc4c(c3)N=CC4)CC21. The molecule has 1 saturated carbocycles. The maximum Gasteiger partial charge on any atom is 0.0682 e. The Morgan fingerprint density at radius 1 is 1.16 bits per heavy atom. The number of hydrogen-bond donors (Lipinski definition) is 0. The summed E-state index contributed by atoms with van der Waals surface area (Å²) >= 11 is 0. The van der Waals surface area contributed by atoms with Gasteiger partial charge in [0, 0.05) is 31.4 Å². The Hall–Kier alpha value is -1.31. The number of nitrogens with zero attached hydrogens (tertiary/aromatic N) is 2. The van der Waals surface area contributed by atoms with E-state index in [2.05, 4.69) is 48.9 Å². The monoisotopic (exact) mass is 254 g/mol. The third-order valence-corrected chi connectivity index (χ3v) is 5.17. The van der Waals surface area contributed by atoms with Gasteiger partial charge in [-0.3, -0.25) is 4.99 Å². The van der Waals surface area contributed by atoms with Crippen molar-refractivity contribution in [2.45, 2.75) is 27.2 Å². The van der Waals surface area contributed by atoms with Gasteiger partial charge in [0.05, 0.1) is 5.69 Å². The zero-order valence-electron chi connectivity index (χ0n) is 12.1. The Morgan fingerprint density at radius 2 is 1.89 bits per heavy atom. The van der Waals surface area contributed by atoms with Crippen LogP contribution in [0.3, 0.4) is 0 Å². The van der Waals surface area contributed by atoms with Gasteiger partial charge in [0.1, 0.15) is 0 Å². The minimum absolute atomic E-state index is 0.490. The molecule has 2 heterocycles. The van der Waals surface area contributed by atoms with Gasteiger partial charge in [-0.25, -0.2) is 0 Å². The van der Waals surface area contributed by atoms with Gasteiger partial charge >= 0.3 is 0 Å². The fraction of sp³-hybridized carbons (Fsp3) is 0.588. The minimum Gasteiger partial charge on any atom is -0.371 e. The molecule has 0 N–H and O–H groups in total. The molecule has 4 rings (SSSR count). The van der Waals surface area contributed by atoms with Crippen LogP contribution in [0.5, 0.6) is 0 Å². The first-order valence-electron chi connectivity index (χ1n) is 7.44. The highest BCUT2D eigenvalue weighted by molar-refractivity contribution is 5.78. The Kier molecular flexibility index (Phi) is 2.19. The fourth-order valence-corrected chi connectivity index (χ4v) is 4.31.